The van der Waals surface area contributed by atoms with Gasteiger partial charge in [0.2, 0.25) is 0 Å². The fourth-order valence-corrected chi connectivity index (χ4v) is 3.17. The van der Waals surface area contributed by atoms with E-state index in [1.165, 1.54) is 0 Å². The molecule has 0 radical (unpaired) electrons. The van der Waals surface area contributed by atoms with Crippen LogP contribution in [-0.4, -0.2) is 12.6 Å². The second kappa shape index (κ2) is 5.62. The van der Waals surface area contributed by atoms with E-state index in [-0.39, 0.29) is 11.2 Å². The first-order valence-electron chi connectivity index (χ1n) is 7.43. The zero-order valence-electron chi connectivity index (χ0n) is 12.5. The number of rotatable bonds is 5. The largest absolute Gasteiger partial charge is 0.314 e. The first-order valence-corrected chi connectivity index (χ1v) is 7.43. The normalized spacial score (nSPS) is 26.8. The van der Waals surface area contributed by atoms with Crippen LogP contribution >= 0.6 is 0 Å². The van der Waals surface area contributed by atoms with Crippen molar-refractivity contribution in [1.82, 2.24) is 5.32 Å². The molecule has 0 unspecified atom stereocenters. The molecule has 0 amide bonds. The molecule has 1 aromatic rings. The Labute approximate surface area is 116 Å². The summed E-state index contributed by atoms with van der Waals surface area (Å²) in [5.74, 6) is 1.38. The quantitative estimate of drug-likeness (QED) is 0.842. The second-order valence-corrected chi connectivity index (χ2v) is 6.71. The molecule has 1 N–H and O–H groups in total. The van der Waals surface area contributed by atoms with Crippen LogP contribution < -0.4 is 5.32 Å². The van der Waals surface area contributed by atoms with Gasteiger partial charge in [-0.2, -0.15) is 0 Å². The molecule has 0 atom stereocenters. The minimum absolute atomic E-state index is 0.00451. The molecule has 1 aromatic carbocycles. The first-order chi connectivity index (χ1) is 8.94. The van der Waals surface area contributed by atoms with Gasteiger partial charge in [-0.25, -0.2) is 4.39 Å². The highest BCUT2D eigenvalue weighted by Crippen LogP contribution is 2.50. The lowest BCUT2D eigenvalue weighted by molar-refractivity contribution is 0.0926. The maximum absolute atomic E-state index is 14.1. The van der Waals surface area contributed by atoms with Gasteiger partial charge in [0.15, 0.2) is 0 Å². The molecule has 106 valence electrons. The maximum atomic E-state index is 14.1. The maximum Gasteiger partial charge on any atom is 0.127 e. The minimum Gasteiger partial charge on any atom is -0.314 e. The molecular formula is C17H26FN. The lowest BCUT2D eigenvalue weighted by Crippen LogP contribution is -2.51. The monoisotopic (exact) mass is 263 g/mol. The molecule has 0 heterocycles. The lowest BCUT2D eigenvalue weighted by Gasteiger charge is -2.50. The summed E-state index contributed by atoms with van der Waals surface area (Å²) in [5, 5.41) is 3.51. The number of benzene rings is 1. The van der Waals surface area contributed by atoms with E-state index in [9.17, 15) is 4.39 Å². The van der Waals surface area contributed by atoms with E-state index in [0.717, 1.165) is 30.9 Å². The van der Waals surface area contributed by atoms with Crippen molar-refractivity contribution in [2.45, 2.75) is 52.0 Å². The molecule has 0 saturated heterocycles. The fraction of sp³-hybridized carbons (Fsp3) is 0.647. The third kappa shape index (κ3) is 3.00. The predicted molar refractivity (Wildman–Crippen MR) is 78.8 cm³/mol. The average Bonchev–Trinajstić information content (AvgIpc) is 2.28. The van der Waals surface area contributed by atoms with Gasteiger partial charge in [0.1, 0.15) is 5.82 Å². The van der Waals surface area contributed by atoms with E-state index >= 15 is 0 Å². The van der Waals surface area contributed by atoms with Crippen LogP contribution in [0.3, 0.4) is 0 Å². The molecular weight excluding hydrogens is 237 g/mol. The highest BCUT2D eigenvalue weighted by atomic mass is 19.1. The van der Waals surface area contributed by atoms with Gasteiger partial charge in [0.05, 0.1) is 0 Å². The van der Waals surface area contributed by atoms with E-state index in [1.54, 1.807) is 12.1 Å². The summed E-state index contributed by atoms with van der Waals surface area (Å²) in [6.07, 6.45) is 2.20. The Morgan fingerprint density at radius 3 is 2.37 bits per heavy atom. The van der Waals surface area contributed by atoms with Crippen molar-refractivity contribution in [3.63, 3.8) is 0 Å². The molecule has 0 aliphatic heterocycles. The van der Waals surface area contributed by atoms with Crippen LogP contribution in [0.4, 0.5) is 4.39 Å². The van der Waals surface area contributed by atoms with Crippen molar-refractivity contribution in [1.29, 1.82) is 0 Å². The highest BCUT2D eigenvalue weighted by Gasteiger charge is 2.47. The van der Waals surface area contributed by atoms with Crippen molar-refractivity contribution in [3.05, 3.63) is 35.6 Å². The second-order valence-electron chi connectivity index (χ2n) is 6.71. The van der Waals surface area contributed by atoms with Gasteiger partial charge in [-0.3, -0.25) is 0 Å². The van der Waals surface area contributed by atoms with Crippen LogP contribution in [0, 0.1) is 17.7 Å². The standard InChI is InChI=1S/C17H26FN/c1-12(2)14-9-17(10-14,11-19-13(3)4)15-7-5-6-8-16(15)18/h5-8,12-14,19H,9-11H2,1-4H3. The topological polar surface area (TPSA) is 12.0 Å². The molecule has 1 aliphatic rings. The Hall–Kier alpha value is -0.890. The van der Waals surface area contributed by atoms with Gasteiger partial charge in [0.25, 0.3) is 0 Å². The third-order valence-electron chi connectivity index (χ3n) is 4.54. The fourth-order valence-electron chi connectivity index (χ4n) is 3.17. The first kappa shape index (κ1) is 14.5. The molecule has 1 aliphatic carbocycles. The zero-order chi connectivity index (χ0) is 14.0. The Morgan fingerprint density at radius 1 is 1.21 bits per heavy atom. The van der Waals surface area contributed by atoms with Crippen LogP contribution in [-0.2, 0) is 5.41 Å². The third-order valence-corrected chi connectivity index (χ3v) is 4.54. The summed E-state index contributed by atoms with van der Waals surface area (Å²) in [6.45, 7) is 9.72. The van der Waals surface area contributed by atoms with E-state index in [2.05, 4.69) is 33.0 Å². The minimum atomic E-state index is -0.0461. The van der Waals surface area contributed by atoms with Gasteiger partial charge in [-0.05, 0) is 36.3 Å². The molecule has 0 spiro atoms. The van der Waals surface area contributed by atoms with Crippen molar-refractivity contribution in [3.8, 4) is 0 Å². The summed E-state index contributed by atoms with van der Waals surface area (Å²) in [4.78, 5) is 0. The van der Waals surface area contributed by atoms with Crippen LogP contribution in [0.2, 0.25) is 0 Å². The van der Waals surface area contributed by atoms with Gasteiger partial charge in [-0.1, -0.05) is 45.9 Å². The Balaban J connectivity index is 2.19. The van der Waals surface area contributed by atoms with Gasteiger partial charge in [0, 0.05) is 18.0 Å². The molecule has 19 heavy (non-hydrogen) atoms. The number of hydrogen-bond donors (Lipinski definition) is 1. The van der Waals surface area contributed by atoms with Crippen molar-refractivity contribution < 1.29 is 4.39 Å². The molecule has 0 aromatic heterocycles. The smallest absolute Gasteiger partial charge is 0.127 e. The molecule has 1 nitrogen and oxygen atoms in total. The van der Waals surface area contributed by atoms with Crippen molar-refractivity contribution in [2.75, 3.05) is 6.54 Å². The Morgan fingerprint density at radius 2 is 1.84 bits per heavy atom. The van der Waals surface area contributed by atoms with Crippen molar-refractivity contribution >= 4 is 0 Å². The summed E-state index contributed by atoms with van der Waals surface area (Å²) in [5.41, 5.74) is 0.907. The van der Waals surface area contributed by atoms with E-state index in [4.69, 9.17) is 0 Å². The number of nitrogens with one attached hydrogen (secondary N) is 1. The number of hydrogen-bond acceptors (Lipinski definition) is 1. The summed E-state index contributed by atoms with van der Waals surface area (Å²) in [7, 11) is 0. The summed E-state index contributed by atoms with van der Waals surface area (Å²) in [6, 6.07) is 7.74. The Kier molecular flexibility index (Phi) is 4.29. The molecule has 2 rings (SSSR count). The molecule has 1 saturated carbocycles. The van der Waals surface area contributed by atoms with Crippen molar-refractivity contribution in [2.24, 2.45) is 11.8 Å². The SMILES string of the molecule is CC(C)NCC1(c2ccccc2F)CC(C(C)C)C1. The van der Waals surface area contributed by atoms with E-state index in [0.29, 0.717) is 12.0 Å². The molecule has 1 fully saturated rings. The predicted octanol–water partition coefficient (Wildman–Crippen LogP) is 4.13. The average molecular weight is 263 g/mol. The molecule has 0 bridgehead atoms. The number of halogens is 1. The summed E-state index contributed by atoms with van der Waals surface area (Å²) < 4.78 is 14.1. The zero-order valence-corrected chi connectivity index (χ0v) is 12.5. The van der Waals surface area contributed by atoms with Crippen LogP contribution in [0.1, 0.15) is 46.1 Å². The van der Waals surface area contributed by atoms with Crippen LogP contribution in [0.5, 0.6) is 0 Å². The highest BCUT2D eigenvalue weighted by molar-refractivity contribution is 5.31. The van der Waals surface area contributed by atoms with E-state index < -0.39 is 0 Å². The van der Waals surface area contributed by atoms with Gasteiger partial charge in [-0.15, -0.1) is 0 Å². The van der Waals surface area contributed by atoms with Gasteiger partial charge < -0.3 is 5.32 Å². The van der Waals surface area contributed by atoms with Gasteiger partial charge >= 0.3 is 0 Å². The van der Waals surface area contributed by atoms with Crippen LogP contribution in [0.25, 0.3) is 0 Å². The summed E-state index contributed by atoms with van der Waals surface area (Å²) >= 11 is 0. The van der Waals surface area contributed by atoms with Crippen LogP contribution in [0.15, 0.2) is 24.3 Å². The van der Waals surface area contributed by atoms with E-state index in [1.807, 2.05) is 12.1 Å². The Bertz CT molecular complexity index is 414. The molecule has 2 heteroatoms. The lowest BCUT2D eigenvalue weighted by atomic mass is 9.55.